The van der Waals surface area contributed by atoms with E-state index in [1.165, 1.54) is 0 Å². The fraction of sp³-hybridized carbons (Fsp3) is 0.450. The highest BCUT2D eigenvalue weighted by atomic mass is 16.8. The molecule has 2 fully saturated rings. The van der Waals surface area contributed by atoms with E-state index in [0.717, 1.165) is 5.56 Å². The number of ether oxygens (including phenoxy) is 3. The van der Waals surface area contributed by atoms with Crippen LogP contribution in [0.2, 0.25) is 0 Å². The van der Waals surface area contributed by atoms with Crippen LogP contribution in [-0.4, -0.2) is 55.3 Å². The Labute approximate surface area is 177 Å². The standard InChI is InChI=1S/C20H24N6O5/c1-20(2)30-13-11(9-27)29-17(14(13)31-20)26-15-12(16(28)25-18(21)24-15)23-19(26)22-8-10-6-4-3-5-7-10/h3-7,11,13-14,17,27H,8-9H2,1-2H3,(H,22,23)(H3,21,24,25,28). The Hall–Kier alpha value is -2.99. The first-order valence-electron chi connectivity index (χ1n) is 10.0. The number of nitrogen functional groups attached to an aromatic ring is 1. The number of hydrogen-bond donors (Lipinski definition) is 4. The molecule has 2 saturated heterocycles. The van der Waals surface area contributed by atoms with Crippen molar-refractivity contribution in [2.75, 3.05) is 17.7 Å². The summed E-state index contributed by atoms with van der Waals surface area (Å²) in [5.74, 6) is -0.508. The van der Waals surface area contributed by atoms with Crippen LogP contribution in [0.1, 0.15) is 25.6 Å². The largest absolute Gasteiger partial charge is 0.394 e. The molecule has 31 heavy (non-hydrogen) atoms. The van der Waals surface area contributed by atoms with E-state index in [-0.39, 0.29) is 23.7 Å². The fourth-order valence-electron chi connectivity index (χ4n) is 4.16. The monoisotopic (exact) mass is 428 g/mol. The lowest BCUT2D eigenvalue weighted by Crippen LogP contribution is -2.31. The molecule has 0 saturated carbocycles. The average molecular weight is 428 g/mol. The Morgan fingerprint density at radius 2 is 1.97 bits per heavy atom. The minimum Gasteiger partial charge on any atom is -0.394 e. The van der Waals surface area contributed by atoms with Crippen LogP contribution in [0, 0.1) is 0 Å². The quantitative estimate of drug-likeness (QED) is 0.461. The number of imidazole rings is 1. The van der Waals surface area contributed by atoms with Crippen LogP contribution in [0.25, 0.3) is 11.2 Å². The van der Waals surface area contributed by atoms with Crippen LogP contribution in [0.5, 0.6) is 0 Å². The van der Waals surface area contributed by atoms with E-state index < -0.39 is 35.9 Å². The van der Waals surface area contributed by atoms with E-state index in [2.05, 4.69) is 20.3 Å². The molecule has 0 amide bonds. The normalized spacial score (nSPS) is 26.9. The number of H-pyrrole nitrogens is 1. The number of aliphatic hydroxyl groups excluding tert-OH is 1. The molecular formula is C20H24N6O5. The van der Waals surface area contributed by atoms with Gasteiger partial charge in [-0.15, -0.1) is 0 Å². The van der Waals surface area contributed by atoms with Crippen LogP contribution in [0.15, 0.2) is 35.1 Å². The minimum absolute atomic E-state index is 0.0366. The van der Waals surface area contributed by atoms with Gasteiger partial charge < -0.3 is 30.4 Å². The third kappa shape index (κ3) is 3.45. The van der Waals surface area contributed by atoms with Crippen molar-refractivity contribution in [3.8, 4) is 0 Å². The molecule has 0 bridgehead atoms. The number of benzene rings is 1. The number of nitrogens with zero attached hydrogens (tertiary/aromatic N) is 3. The Morgan fingerprint density at radius 3 is 2.71 bits per heavy atom. The van der Waals surface area contributed by atoms with Crippen LogP contribution in [0.3, 0.4) is 0 Å². The molecule has 2 aliphatic heterocycles. The van der Waals surface area contributed by atoms with Gasteiger partial charge in [0.1, 0.15) is 18.3 Å². The number of hydrogen-bond acceptors (Lipinski definition) is 9. The van der Waals surface area contributed by atoms with Gasteiger partial charge in [0.25, 0.3) is 5.56 Å². The molecule has 0 aliphatic carbocycles. The van der Waals surface area contributed by atoms with Gasteiger partial charge in [-0.05, 0) is 19.4 Å². The lowest BCUT2D eigenvalue weighted by Gasteiger charge is -2.25. The Morgan fingerprint density at radius 1 is 1.23 bits per heavy atom. The topological polar surface area (TPSA) is 150 Å². The van der Waals surface area contributed by atoms with Crippen molar-refractivity contribution in [1.82, 2.24) is 19.5 Å². The van der Waals surface area contributed by atoms with Crippen LogP contribution < -0.4 is 16.6 Å². The number of aromatic amines is 1. The van der Waals surface area contributed by atoms with Gasteiger partial charge in [-0.2, -0.15) is 4.98 Å². The lowest BCUT2D eigenvalue weighted by molar-refractivity contribution is -0.199. The SMILES string of the molecule is CC1(C)OC2C(CO)OC(n3c(NCc4ccccc4)nc4c(=O)[nH]c(N)nc43)C2O1. The van der Waals surface area contributed by atoms with Crippen LogP contribution in [-0.2, 0) is 20.8 Å². The molecule has 3 aromatic rings. The van der Waals surface area contributed by atoms with Gasteiger partial charge in [-0.1, -0.05) is 30.3 Å². The molecule has 0 radical (unpaired) electrons. The van der Waals surface area contributed by atoms with E-state index >= 15 is 0 Å². The summed E-state index contributed by atoms with van der Waals surface area (Å²) in [7, 11) is 0. The molecule has 4 unspecified atom stereocenters. The summed E-state index contributed by atoms with van der Waals surface area (Å²) in [6, 6.07) is 9.77. The predicted molar refractivity (Wildman–Crippen MR) is 111 cm³/mol. The molecule has 4 atom stereocenters. The minimum atomic E-state index is -0.845. The molecule has 2 aromatic heterocycles. The van der Waals surface area contributed by atoms with Crippen molar-refractivity contribution in [3.63, 3.8) is 0 Å². The first kappa shape index (κ1) is 19.9. The van der Waals surface area contributed by atoms with E-state index in [1.807, 2.05) is 30.3 Å². The van der Waals surface area contributed by atoms with Crippen LogP contribution in [0.4, 0.5) is 11.9 Å². The second-order valence-corrected chi connectivity index (χ2v) is 8.08. The zero-order valence-corrected chi connectivity index (χ0v) is 17.1. The molecule has 2 aliphatic rings. The maximum absolute atomic E-state index is 12.5. The maximum atomic E-state index is 12.5. The van der Waals surface area contributed by atoms with Crippen molar-refractivity contribution >= 4 is 23.1 Å². The maximum Gasteiger partial charge on any atom is 0.280 e. The van der Waals surface area contributed by atoms with Crippen LogP contribution >= 0.6 is 0 Å². The van der Waals surface area contributed by atoms with Gasteiger partial charge in [0.05, 0.1) is 6.61 Å². The highest BCUT2D eigenvalue weighted by Gasteiger charge is 2.56. The molecule has 1 aromatic carbocycles. The zero-order valence-electron chi connectivity index (χ0n) is 17.1. The third-order valence-corrected chi connectivity index (χ3v) is 5.42. The molecule has 5 N–H and O–H groups in total. The molecule has 164 valence electrons. The molecule has 11 heteroatoms. The zero-order chi connectivity index (χ0) is 21.8. The van der Waals surface area contributed by atoms with Gasteiger partial charge in [0.2, 0.25) is 11.9 Å². The highest BCUT2D eigenvalue weighted by molar-refractivity contribution is 5.75. The summed E-state index contributed by atoms with van der Waals surface area (Å²) >= 11 is 0. The number of aliphatic hydroxyl groups is 1. The highest BCUT2D eigenvalue weighted by Crippen LogP contribution is 2.44. The first-order chi connectivity index (χ1) is 14.9. The number of fused-ring (bicyclic) bond motifs is 2. The van der Waals surface area contributed by atoms with E-state index in [1.54, 1.807) is 18.4 Å². The van der Waals surface area contributed by atoms with Crippen molar-refractivity contribution in [2.45, 2.75) is 50.7 Å². The van der Waals surface area contributed by atoms with E-state index in [4.69, 9.17) is 19.9 Å². The number of rotatable bonds is 5. The van der Waals surface area contributed by atoms with Crippen molar-refractivity contribution < 1.29 is 19.3 Å². The van der Waals surface area contributed by atoms with Crippen molar-refractivity contribution in [3.05, 3.63) is 46.2 Å². The summed E-state index contributed by atoms with van der Waals surface area (Å²) in [5, 5.41) is 13.1. The molecule has 0 spiro atoms. The smallest absolute Gasteiger partial charge is 0.280 e. The molecule has 5 rings (SSSR count). The second kappa shape index (κ2) is 7.31. The van der Waals surface area contributed by atoms with Gasteiger partial charge in [0.15, 0.2) is 23.2 Å². The van der Waals surface area contributed by atoms with Gasteiger partial charge in [0, 0.05) is 6.54 Å². The fourth-order valence-corrected chi connectivity index (χ4v) is 4.16. The average Bonchev–Trinajstić information content (AvgIpc) is 3.35. The van der Waals surface area contributed by atoms with Gasteiger partial charge >= 0.3 is 0 Å². The van der Waals surface area contributed by atoms with Gasteiger partial charge in [-0.3, -0.25) is 14.3 Å². The van der Waals surface area contributed by atoms with Crippen molar-refractivity contribution in [1.29, 1.82) is 0 Å². The summed E-state index contributed by atoms with van der Waals surface area (Å²) < 4.78 is 19.8. The van der Waals surface area contributed by atoms with Crippen molar-refractivity contribution in [2.24, 2.45) is 0 Å². The molecule has 4 heterocycles. The number of anilines is 2. The summed E-state index contributed by atoms with van der Waals surface area (Å²) in [6.45, 7) is 3.83. The summed E-state index contributed by atoms with van der Waals surface area (Å²) in [6.07, 6.45) is -2.36. The first-order valence-corrected chi connectivity index (χ1v) is 10.0. The Kier molecular flexibility index (Phi) is 4.70. The summed E-state index contributed by atoms with van der Waals surface area (Å²) in [5.41, 5.74) is 6.76. The Balaban J connectivity index is 1.60. The predicted octanol–water partition coefficient (Wildman–Crippen LogP) is 0.724. The Bertz CT molecular complexity index is 1160. The molecular weight excluding hydrogens is 404 g/mol. The second-order valence-electron chi connectivity index (χ2n) is 8.08. The number of nitrogens with two attached hydrogens (primary N) is 1. The molecule has 11 nitrogen and oxygen atoms in total. The van der Waals surface area contributed by atoms with Gasteiger partial charge in [-0.25, -0.2) is 4.98 Å². The van der Waals surface area contributed by atoms with E-state index in [9.17, 15) is 9.90 Å². The number of aromatic nitrogens is 4. The van der Waals surface area contributed by atoms with E-state index in [0.29, 0.717) is 12.5 Å². The number of nitrogens with one attached hydrogen (secondary N) is 2. The summed E-state index contributed by atoms with van der Waals surface area (Å²) in [4.78, 5) is 23.7. The third-order valence-electron chi connectivity index (χ3n) is 5.42. The lowest BCUT2D eigenvalue weighted by atomic mass is 10.1.